The Morgan fingerprint density at radius 2 is 2.27 bits per heavy atom. The summed E-state index contributed by atoms with van der Waals surface area (Å²) in [7, 11) is -1.41. The molecule has 0 aromatic rings. The van der Waals surface area contributed by atoms with Crippen LogP contribution in [0.15, 0.2) is 22.3 Å². The van der Waals surface area contributed by atoms with Crippen LogP contribution in [-0.2, 0) is 9.84 Å². The van der Waals surface area contributed by atoms with Crippen molar-refractivity contribution in [1.29, 1.82) is 0 Å². The average Bonchev–Trinajstić information content (AvgIpc) is 2.16. The first-order valence-corrected chi connectivity index (χ1v) is 6.58. The van der Waals surface area contributed by atoms with E-state index >= 15 is 0 Å². The molecular weight excluding hydrogens is 214 g/mol. The fraction of sp³-hybridized carbons (Fsp3) is 0.556. The van der Waals surface area contributed by atoms with Gasteiger partial charge in [-0.25, -0.2) is 18.4 Å². The molecule has 0 bridgehead atoms. The first-order chi connectivity index (χ1) is 6.98. The van der Waals surface area contributed by atoms with Gasteiger partial charge in [-0.15, -0.1) is 0 Å². The van der Waals surface area contributed by atoms with Gasteiger partial charge >= 0.3 is 0 Å². The molecule has 0 saturated heterocycles. The third-order valence-electron chi connectivity index (χ3n) is 2.50. The molecular formula is C9H13N3O2S. The molecule has 2 rings (SSSR count). The molecule has 0 fully saturated rings. The standard InChI is InChI=1S/C9H13N3O2S/c1-12-5-3-4-7-6-10-9(11-8(7)12)15(2,13)14/h3,5-8H,4H2,1-2H3. The second kappa shape index (κ2) is 3.44. The van der Waals surface area contributed by atoms with Gasteiger partial charge < -0.3 is 4.90 Å². The quantitative estimate of drug-likeness (QED) is 0.596. The predicted octanol–water partition coefficient (Wildman–Crippen LogP) is 0.263. The number of allylic oxidation sites excluding steroid dienone is 1. The first-order valence-electron chi connectivity index (χ1n) is 4.69. The maximum absolute atomic E-state index is 11.3. The predicted molar refractivity (Wildman–Crippen MR) is 59.6 cm³/mol. The van der Waals surface area contributed by atoms with Crippen LogP contribution in [-0.4, -0.2) is 44.2 Å². The van der Waals surface area contributed by atoms with E-state index in [1.165, 1.54) is 0 Å². The van der Waals surface area contributed by atoms with Crippen LogP contribution in [0, 0.1) is 5.92 Å². The summed E-state index contributed by atoms with van der Waals surface area (Å²) in [4.78, 5) is 9.96. The first kappa shape index (κ1) is 10.4. The SMILES string of the molecule is CN1C=CCC2C=NC(S(C)(=O)=O)=NC21. The largest absolute Gasteiger partial charge is 0.359 e. The van der Waals surface area contributed by atoms with Crippen molar-refractivity contribution in [2.45, 2.75) is 12.6 Å². The van der Waals surface area contributed by atoms with Crippen LogP contribution in [0.3, 0.4) is 0 Å². The minimum atomic E-state index is -3.30. The van der Waals surface area contributed by atoms with E-state index in [1.54, 1.807) is 6.21 Å². The van der Waals surface area contributed by atoms with Gasteiger partial charge in [0.1, 0.15) is 6.17 Å². The zero-order valence-corrected chi connectivity index (χ0v) is 9.48. The summed E-state index contributed by atoms with van der Waals surface area (Å²) in [6.45, 7) is 0. The lowest BCUT2D eigenvalue weighted by molar-refractivity contribution is 0.271. The number of rotatable bonds is 0. The molecule has 2 unspecified atom stereocenters. The Morgan fingerprint density at radius 3 is 2.93 bits per heavy atom. The summed E-state index contributed by atoms with van der Waals surface area (Å²) in [5.74, 6) is 0.186. The fourth-order valence-electron chi connectivity index (χ4n) is 1.72. The second-order valence-corrected chi connectivity index (χ2v) is 5.73. The van der Waals surface area contributed by atoms with Crippen molar-refractivity contribution in [3.63, 3.8) is 0 Å². The number of nitrogens with zero attached hydrogens (tertiary/aromatic N) is 3. The Balaban J connectivity index is 2.35. The maximum atomic E-state index is 11.3. The van der Waals surface area contributed by atoms with Crippen LogP contribution >= 0.6 is 0 Å². The van der Waals surface area contributed by atoms with Gasteiger partial charge in [-0.2, -0.15) is 0 Å². The lowest BCUT2D eigenvalue weighted by Crippen LogP contribution is -2.39. The van der Waals surface area contributed by atoms with E-state index in [-0.39, 0.29) is 17.3 Å². The third kappa shape index (κ3) is 1.94. The van der Waals surface area contributed by atoms with Crippen LogP contribution in [0.2, 0.25) is 0 Å². The summed E-state index contributed by atoms with van der Waals surface area (Å²) in [6.07, 6.45) is 7.50. The highest BCUT2D eigenvalue weighted by molar-refractivity contribution is 8.05. The van der Waals surface area contributed by atoms with Gasteiger partial charge in [0.15, 0.2) is 0 Å². The molecule has 0 aliphatic carbocycles. The van der Waals surface area contributed by atoms with E-state index in [9.17, 15) is 8.42 Å². The van der Waals surface area contributed by atoms with E-state index in [0.29, 0.717) is 0 Å². The van der Waals surface area contributed by atoms with Crippen molar-refractivity contribution in [2.24, 2.45) is 15.9 Å². The number of aliphatic imine (C=N–C) groups is 2. The minimum Gasteiger partial charge on any atom is -0.359 e. The molecule has 0 radical (unpaired) electrons. The van der Waals surface area contributed by atoms with E-state index in [2.05, 4.69) is 9.98 Å². The van der Waals surface area contributed by atoms with Crippen molar-refractivity contribution in [3.8, 4) is 0 Å². The lowest BCUT2D eigenvalue weighted by atomic mass is 9.99. The zero-order chi connectivity index (χ0) is 11.1. The van der Waals surface area contributed by atoms with Crippen molar-refractivity contribution < 1.29 is 8.42 Å². The van der Waals surface area contributed by atoms with Gasteiger partial charge in [0.2, 0.25) is 15.0 Å². The average molecular weight is 227 g/mol. The van der Waals surface area contributed by atoms with E-state index in [0.717, 1.165) is 12.7 Å². The molecule has 0 N–H and O–H groups in total. The number of hydrogen-bond acceptors (Lipinski definition) is 5. The number of amidine groups is 1. The summed E-state index contributed by atoms with van der Waals surface area (Å²) < 4.78 is 22.6. The highest BCUT2D eigenvalue weighted by Gasteiger charge is 2.29. The smallest absolute Gasteiger partial charge is 0.243 e. The van der Waals surface area contributed by atoms with Gasteiger partial charge in [0, 0.05) is 25.4 Å². The molecule has 15 heavy (non-hydrogen) atoms. The van der Waals surface area contributed by atoms with Crippen molar-refractivity contribution in [3.05, 3.63) is 12.3 Å². The molecule has 6 heteroatoms. The number of fused-ring (bicyclic) bond motifs is 1. The van der Waals surface area contributed by atoms with Crippen LogP contribution in [0.5, 0.6) is 0 Å². The molecule has 0 saturated carbocycles. The summed E-state index contributed by atoms with van der Waals surface area (Å²) >= 11 is 0. The van der Waals surface area contributed by atoms with Gasteiger partial charge in [0.25, 0.3) is 0 Å². The fourth-order valence-corrected chi connectivity index (χ4v) is 2.27. The monoisotopic (exact) mass is 227 g/mol. The van der Waals surface area contributed by atoms with Crippen molar-refractivity contribution in [2.75, 3.05) is 13.3 Å². The molecule has 0 spiro atoms. The van der Waals surface area contributed by atoms with Crippen LogP contribution in [0.4, 0.5) is 0 Å². The molecule has 82 valence electrons. The normalized spacial score (nSPS) is 30.0. The highest BCUT2D eigenvalue weighted by atomic mass is 32.2. The van der Waals surface area contributed by atoms with Crippen molar-refractivity contribution >= 4 is 21.2 Å². The van der Waals surface area contributed by atoms with Gasteiger partial charge in [-0.1, -0.05) is 6.08 Å². The second-order valence-electron chi connectivity index (χ2n) is 3.83. The molecule has 2 aliphatic rings. The third-order valence-corrected chi connectivity index (χ3v) is 3.37. The Labute approximate surface area is 89.1 Å². The van der Waals surface area contributed by atoms with Crippen LogP contribution in [0.1, 0.15) is 6.42 Å². The van der Waals surface area contributed by atoms with Gasteiger partial charge in [0.05, 0.1) is 0 Å². The number of sulfone groups is 1. The Bertz CT molecular complexity index is 450. The Hall–Kier alpha value is -1.17. The molecule has 2 atom stereocenters. The van der Waals surface area contributed by atoms with Crippen LogP contribution in [0.25, 0.3) is 0 Å². The van der Waals surface area contributed by atoms with E-state index in [1.807, 2.05) is 24.2 Å². The molecule has 2 heterocycles. The zero-order valence-electron chi connectivity index (χ0n) is 8.66. The highest BCUT2D eigenvalue weighted by Crippen LogP contribution is 2.23. The molecule has 0 amide bonds. The molecule has 0 aromatic heterocycles. The lowest BCUT2D eigenvalue weighted by Gasteiger charge is -2.33. The topological polar surface area (TPSA) is 62.1 Å². The van der Waals surface area contributed by atoms with Crippen LogP contribution < -0.4 is 0 Å². The van der Waals surface area contributed by atoms with Gasteiger partial charge in [-0.3, -0.25) is 0 Å². The maximum Gasteiger partial charge on any atom is 0.243 e. The summed E-state index contributed by atoms with van der Waals surface area (Å²) in [5, 5.41) is -0.0640. The molecule has 2 aliphatic heterocycles. The Kier molecular flexibility index (Phi) is 2.38. The molecule has 0 aromatic carbocycles. The summed E-state index contributed by atoms with van der Waals surface area (Å²) in [5.41, 5.74) is 0. The number of hydrogen-bond donors (Lipinski definition) is 0. The van der Waals surface area contributed by atoms with E-state index in [4.69, 9.17) is 0 Å². The minimum absolute atomic E-state index is 0.0640. The van der Waals surface area contributed by atoms with Crippen molar-refractivity contribution in [1.82, 2.24) is 4.90 Å². The van der Waals surface area contributed by atoms with Gasteiger partial charge in [-0.05, 0) is 12.6 Å². The molecule has 5 nitrogen and oxygen atoms in total. The van der Waals surface area contributed by atoms with E-state index < -0.39 is 9.84 Å². The summed E-state index contributed by atoms with van der Waals surface area (Å²) in [6, 6.07) is 0. The Morgan fingerprint density at radius 1 is 1.53 bits per heavy atom.